The molecule has 0 radical (unpaired) electrons. The van der Waals surface area contributed by atoms with Gasteiger partial charge in [-0.15, -0.1) is 0 Å². The molecule has 2 amide bonds. The summed E-state index contributed by atoms with van der Waals surface area (Å²) in [5, 5.41) is 5.36. The van der Waals surface area contributed by atoms with E-state index in [0.717, 1.165) is 19.3 Å². The van der Waals surface area contributed by atoms with Gasteiger partial charge in [-0.25, -0.2) is 4.79 Å². The highest BCUT2D eigenvalue weighted by Crippen LogP contribution is 2.24. The molecule has 2 aromatic rings. The largest absolute Gasteiger partial charge is 0.444 e. The van der Waals surface area contributed by atoms with Crippen LogP contribution >= 0.6 is 0 Å². The van der Waals surface area contributed by atoms with Crippen LogP contribution in [0.1, 0.15) is 35.6 Å². The highest BCUT2D eigenvalue weighted by molar-refractivity contribution is 6.03. The first kappa shape index (κ1) is 22.8. The summed E-state index contributed by atoms with van der Waals surface area (Å²) in [4.78, 5) is 28.0. The van der Waals surface area contributed by atoms with Crippen LogP contribution in [0.2, 0.25) is 0 Å². The summed E-state index contributed by atoms with van der Waals surface area (Å²) in [6.07, 6.45) is 4.09. The number of dihydropyridines is 1. The van der Waals surface area contributed by atoms with Crippen LogP contribution in [0.5, 0.6) is 0 Å². The number of amides is 2. The van der Waals surface area contributed by atoms with Gasteiger partial charge in [-0.2, -0.15) is 0 Å². The van der Waals surface area contributed by atoms with Gasteiger partial charge in [0.15, 0.2) is 0 Å². The molecule has 1 fully saturated rings. The first-order chi connectivity index (χ1) is 16.0. The van der Waals surface area contributed by atoms with E-state index in [1.165, 1.54) is 27.8 Å². The zero-order valence-electron chi connectivity index (χ0n) is 19.3. The van der Waals surface area contributed by atoms with E-state index in [9.17, 15) is 9.59 Å². The molecular formula is C27H31N3O3. The molecule has 0 saturated carbocycles. The second-order valence-corrected chi connectivity index (χ2v) is 8.93. The zero-order valence-corrected chi connectivity index (χ0v) is 19.3. The fraction of sp³-hybridized carbons (Fsp3) is 0.370. The minimum atomic E-state index is -0.570. The fourth-order valence-electron chi connectivity index (χ4n) is 4.36. The van der Waals surface area contributed by atoms with Gasteiger partial charge in [-0.05, 0) is 55.9 Å². The SMILES string of the molecule is CC1=CC(NC(=O)O[C@H]2CNC(=O)C2)=NCC1Cc1cc(C)ccc1CCc1ccccc1. The minimum Gasteiger partial charge on any atom is -0.444 e. The third kappa shape index (κ3) is 6.31. The number of nitrogens with one attached hydrogen (secondary N) is 2. The van der Waals surface area contributed by atoms with Gasteiger partial charge in [-0.3, -0.25) is 15.1 Å². The van der Waals surface area contributed by atoms with E-state index in [0.29, 0.717) is 24.8 Å². The van der Waals surface area contributed by atoms with E-state index in [-0.39, 0.29) is 12.3 Å². The molecule has 0 spiro atoms. The smallest absolute Gasteiger partial charge is 0.413 e. The zero-order chi connectivity index (χ0) is 23.2. The molecule has 2 aromatic carbocycles. The van der Waals surface area contributed by atoms with Crippen LogP contribution < -0.4 is 10.6 Å². The second kappa shape index (κ2) is 10.5. The molecule has 6 nitrogen and oxygen atoms in total. The van der Waals surface area contributed by atoms with E-state index in [4.69, 9.17) is 4.74 Å². The van der Waals surface area contributed by atoms with Crippen molar-refractivity contribution < 1.29 is 14.3 Å². The third-order valence-electron chi connectivity index (χ3n) is 6.29. The normalized spacial score (nSPS) is 20.0. The van der Waals surface area contributed by atoms with Crippen molar-refractivity contribution in [2.24, 2.45) is 10.9 Å². The maximum Gasteiger partial charge on any atom is 0.413 e. The quantitative estimate of drug-likeness (QED) is 0.708. The van der Waals surface area contributed by atoms with Crippen LogP contribution in [0, 0.1) is 12.8 Å². The Morgan fingerprint density at radius 3 is 2.67 bits per heavy atom. The number of ether oxygens (including phenoxy) is 1. The number of carbonyl (C=O) groups excluding carboxylic acids is 2. The van der Waals surface area contributed by atoms with Gasteiger partial charge in [0.2, 0.25) is 5.91 Å². The van der Waals surface area contributed by atoms with E-state index in [2.05, 4.69) is 78.0 Å². The van der Waals surface area contributed by atoms with Crippen molar-refractivity contribution in [3.05, 3.63) is 82.4 Å². The Morgan fingerprint density at radius 2 is 1.94 bits per heavy atom. The number of rotatable bonds is 6. The average molecular weight is 446 g/mol. The van der Waals surface area contributed by atoms with Crippen molar-refractivity contribution in [1.82, 2.24) is 10.6 Å². The first-order valence-corrected chi connectivity index (χ1v) is 11.6. The maximum atomic E-state index is 12.1. The molecule has 4 rings (SSSR count). The Hall–Kier alpha value is -3.41. The van der Waals surface area contributed by atoms with Crippen LogP contribution in [-0.2, 0) is 28.8 Å². The second-order valence-electron chi connectivity index (χ2n) is 8.93. The number of carbonyl (C=O) groups is 2. The van der Waals surface area contributed by atoms with Crippen LogP contribution in [0.3, 0.4) is 0 Å². The van der Waals surface area contributed by atoms with Crippen LogP contribution in [0.4, 0.5) is 4.79 Å². The number of nitrogens with zero attached hydrogens (tertiary/aromatic N) is 1. The van der Waals surface area contributed by atoms with Crippen molar-refractivity contribution in [3.63, 3.8) is 0 Å². The number of benzene rings is 2. The highest BCUT2D eigenvalue weighted by Gasteiger charge is 2.26. The Balaban J connectivity index is 1.35. The van der Waals surface area contributed by atoms with Crippen molar-refractivity contribution in [3.8, 4) is 0 Å². The van der Waals surface area contributed by atoms with Crippen LogP contribution in [0.15, 0.2) is 65.2 Å². The number of aryl methyl sites for hydroxylation is 3. The number of aliphatic imine (C=N–C) groups is 1. The molecule has 2 N–H and O–H groups in total. The Morgan fingerprint density at radius 1 is 1.12 bits per heavy atom. The molecule has 1 unspecified atom stereocenters. The molecule has 2 aliphatic heterocycles. The lowest BCUT2D eigenvalue weighted by Gasteiger charge is -2.23. The van der Waals surface area contributed by atoms with Crippen molar-refractivity contribution in [2.45, 2.75) is 45.6 Å². The summed E-state index contributed by atoms with van der Waals surface area (Å²) in [6.45, 7) is 5.20. The molecule has 2 aliphatic rings. The van der Waals surface area contributed by atoms with Gasteiger partial charge < -0.3 is 10.1 Å². The van der Waals surface area contributed by atoms with Crippen LogP contribution in [-0.4, -0.2) is 37.0 Å². The molecule has 172 valence electrons. The molecule has 0 aliphatic carbocycles. The number of alkyl carbamates (subject to hydrolysis) is 1. The summed E-state index contributed by atoms with van der Waals surface area (Å²) in [5.41, 5.74) is 6.55. The Kier molecular flexibility index (Phi) is 7.23. The number of hydrogen-bond acceptors (Lipinski definition) is 4. The lowest BCUT2D eigenvalue weighted by molar-refractivity contribution is -0.119. The van der Waals surface area contributed by atoms with Gasteiger partial charge in [0.1, 0.15) is 11.9 Å². The summed E-state index contributed by atoms with van der Waals surface area (Å²) in [6, 6.07) is 17.3. The predicted octanol–water partition coefficient (Wildman–Crippen LogP) is 3.91. The maximum absolute atomic E-state index is 12.1. The summed E-state index contributed by atoms with van der Waals surface area (Å²) in [7, 11) is 0. The fourth-order valence-corrected chi connectivity index (χ4v) is 4.36. The third-order valence-corrected chi connectivity index (χ3v) is 6.29. The van der Waals surface area contributed by atoms with E-state index in [1.807, 2.05) is 6.08 Å². The monoisotopic (exact) mass is 445 g/mol. The molecular weight excluding hydrogens is 414 g/mol. The molecule has 1 saturated heterocycles. The Labute approximate surface area is 195 Å². The van der Waals surface area contributed by atoms with Gasteiger partial charge >= 0.3 is 6.09 Å². The topological polar surface area (TPSA) is 79.8 Å². The molecule has 2 heterocycles. The van der Waals surface area contributed by atoms with Crippen molar-refractivity contribution in [2.75, 3.05) is 13.1 Å². The predicted molar refractivity (Wildman–Crippen MR) is 129 cm³/mol. The van der Waals surface area contributed by atoms with E-state index in [1.54, 1.807) is 0 Å². The van der Waals surface area contributed by atoms with Crippen LogP contribution in [0.25, 0.3) is 0 Å². The average Bonchev–Trinajstić information content (AvgIpc) is 3.20. The Bertz CT molecular complexity index is 1080. The summed E-state index contributed by atoms with van der Waals surface area (Å²) >= 11 is 0. The van der Waals surface area contributed by atoms with Gasteiger partial charge in [0.05, 0.1) is 13.0 Å². The first-order valence-electron chi connectivity index (χ1n) is 11.6. The molecule has 6 heteroatoms. The molecule has 33 heavy (non-hydrogen) atoms. The van der Waals surface area contributed by atoms with E-state index >= 15 is 0 Å². The van der Waals surface area contributed by atoms with Crippen molar-refractivity contribution >= 4 is 17.8 Å². The molecule has 0 aromatic heterocycles. The molecule has 0 bridgehead atoms. The number of amidine groups is 1. The van der Waals surface area contributed by atoms with Gasteiger partial charge in [0.25, 0.3) is 0 Å². The molecule has 2 atom stereocenters. The minimum absolute atomic E-state index is 0.0966. The standard InChI is InChI=1S/C27H31N3O3/c1-18-8-10-21(11-9-20-6-4-3-5-7-20)22(12-18)14-23-16-28-25(13-19(23)2)30-27(32)33-24-15-26(31)29-17-24/h3-8,10,12-13,23-24H,9,11,14-17H2,1-2H3,(H,29,31)(H,28,30,32)/t23?,24-/m1/s1. The summed E-state index contributed by atoms with van der Waals surface area (Å²) < 4.78 is 5.29. The van der Waals surface area contributed by atoms with Gasteiger partial charge in [-0.1, -0.05) is 59.7 Å². The highest BCUT2D eigenvalue weighted by atomic mass is 16.6. The summed E-state index contributed by atoms with van der Waals surface area (Å²) in [5.74, 6) is 0.709. The lowest BCUT2D eigenvalue weighted by Crippen LogP contribution is -2.35. The van der Waals surface area contributed by atoms with E-state index < -0.39 is 12.2 Å². The van der Waals surface area contributed by atoms with Gasteiger partial charge in [0, 0.05) is 12.5 Å². The van der Waals surface area contributed by atoms with Crippen molar-refractivity contribution in [1.29, 1.82) is 0 Å². The lowest BCUT2D eigenvalue weighted by atomic mass is 9.87. The number of hydrogen-bond donors (Lipinski definition) is 2.